The van der Waals surface area contributed by atoms with Crippen LogP contribution in [0.3, 0.4) is 0 Å². The maximum Gasteiger partial charge on any atom is 0.387 e. The zero-order valence-corrected chi connectivity index (χ0v) is 12.0. The summed E-state index contributed by atoms with van der Waals surface area (Å²) in [6, 6.07) is 4.28. The van der Waals surface area contributed by atoms with E-state index in [1.165, 1.54) is 19.2 Å². The van der Waals surface area contributed by atoms with E-state index >= 15 is 0 Å². The average molecular weight is 338 g/mol. The lowest BCUT2D eigenvalue weighted by Crippen LogP contribution is -2.22. The molecule has 0 heterocycles. The lowest BCUT2D eigenvalue weighted by molar-refractivity contribution is -0.115. The Morgan fingerprint density at radius 1 is 1.42 bits per heavy atom. The minimum Gasteiger partial charge on any atom is -0.493 e. The second-order valence-electron chi connectivity index (χ2n) is 3.61. The van der Waals surface area contributed by atoms with Crippen LogP contribution >= 0.6 is 15.9 Å². The third-order valence-electron chi connectivity index (χ3n) is 2.29. The highest BCUT2D eigenvalue weighted by molar-refractivity contribution is 9.10. The average Bonchev–Trinajstić information content (AvgIpc) is 2.37. The molecule has 1 unspecified atom stereocenters. The fourth-order valence-electron chi connectivity index (χ4n) is 1.35. The molecule has 1 aromatic carbocycles. The molecule has 0 aromatic heterocycles. The standard InChI is InChI=1S/C12H14BrF2NO3/c1-3-8(13)11(17)16-7-4-5-9(18-2)10(6-7)19-12(14)15/h4-6,8,12H,3H2,1-2H3,(H,16,17). The van der Waals surface area contributed by atoms with E-state index in [4.69, 9.17) is 4.74 Å². The first-order valence-corrected chi connectivity index (χ1v) is 6.47. The van der Waals surface area contributed by atoms with Gasteiger partial charge in [-0.1, -0.05) is 22.9 Å². The van der Waals surface area contributed by atoms with E-state index in [-0.39, 0.29) is 22.2 Å². The molecule has 106 valence electrons. The van der Waals surface area contributed by atoms with E-state index in [2.05, 4.69) is 26.0 Å². The normalized spacial score (nSPS) is 12.1. The molecule has 1 atom stereocenters. The van der Waals surface area contributed by atoms with Crippen molar-refractivity contribution >= 4 is 27.5 Å². The van der Waals surface area contributed by atoms with Gasteiger partial charge in [0, 0.05) is 11.8 Å². The van der Waals surface area contributed by atoms with Crippen LogP contribution in [0.4, 0.5) is 14.5 Å². The van der Waals surface area contributed by atoms with Crippen molar-refractivity contribution in [2.45, 2.75) is 24.8 Å². The number of amides is 1. The number of hydrogen-bond donors (Lipinski definition) is 1. The maximum absolute atomic E-state index is 12.2. The van der Waals surface area contributed by atoms with Crippen LogP contribution in [0, 0.1) is 0 Å². The predicted molar refractivity (Wildman–Crippen MR) is 71.3 cm³/mol. The molecule has 0 saturated carbocycles. The van der Waals surface area contributed by atoms with Crippen molar-refractivity contribution in [1.82, 2.24) is 0 Å². The van der Waals surface area contributed by atoms with Gasteiger partial charge < -0.3 is 14.8 Å². The molecule has 19 heavy (non-hydrogen) atoms. The molecular weight excluding hydrogens is 324 g/mol. The SMILES string of the molecule is CCC(Br)C(=O)Nc1ccc(OC)c(OC(F)F)c1. The van der Waals surface area contributed by atoms with E-state index in [9.17, 15) is 13.6 Å². The molecule has 1 amide bonds. The van der Waals surface area contributed by atoms with E-state index in [1.54, 1.807) is 6.07 Å². The first kappa shape index (κ1) is 15.7. The summed E-state index contributed by atoms with van der Waals surface area (Å²) in [5.41, 5.74) is 0.361. The van der Waals surface area contributed by atoms with Crippen molar-refractivity contribution in [3.05, 3.63) is 18.2 Å². The van der Waals surface area contributed by atoms with Crippen molar-refractivity contribution in [2.24, 2.45) is 0 Å². The molecule has 1 aromatic rings. The fraction of sp³-hybridized carbons (Fsp3) is 0.417. The number of carbonyl (C=O) groups is 1. The Hall–Kier alpha value is -1.37. The number of ether oxygens (including phenoxy) is 2. The number of anilines is 1. The molecule has 0 bridgehead atoms. The van der Waals surface area contributed by atoms with Gasteiger partial charge >= 0.3 is 6.61 Å². The van der Waals surface area contributed by atoms with Gasteiger partial charge in [-0.2, -0.15) is 8.78 Å². The number of halogens is 3. The molecule has 7 heteroatoms. The number of hydrogen-bond acceptors (Lipinski definition) is 3. The fourth-order valence-corrected chi connectivity index (χ4v) is 1.46. The van der Waals surface area contributed by atoms with Gasteiger partial charge in [0.1, 0.15) is 0 Å². The van der Waals surface area contributed by atoms with Gasteiger partial charge in [-0.25, -0.2) is 0 Å². The van der Waals surface area contributed by atoms with Gasteiger partial charge in [-0.05, 0) is 18.6 Å². The van der Waals surface area contributed by atoms with Crippen molar-refractivity contribution in [3.8, 4) is 11.5 Å². The summed E-state index contributed by atoms with van der Waals surface area (Å²) in [7, 11) is 1.34. The van der Waals surface area contributed by atoms with Crippen LogP contribution in [0.25, 0.3) is 0 Å². The zero-order chi connectivity index (χ0) is 14.4. The van der Waals surface area contributed by atoms with Gasteiger partial charge in [-0.15, -0.1) is 0 Å². The lowest BCUT2D eigenvalue weighted by atomic mass is 10.2. The number of methoxy groups -OCH3 is 1. The van der Waals surface area contributed by atoms with Gasteiger partial charge in [0.2, 0.25) is 5.91 Å². The molecular formula is C12H14BrF2NO3. The predicted octanol–water partition coefficient (Wildman–Crippen LogP) is 3.41. The third-order valence-corrected chi connectivity index (χ3v) is 3.35. The highest BCUT2D eigenvalue weighted by atomic mass is 79.9. The number of benzene rings is 1. The maximum atomic E-state index is 12.2. The summed E-state index contributed by atoms with van der Waals surface area (Å²) >= 11 is 3.20. The van der Waals surface area contributed by atoms with E-state index in [0.29, 0.717) is 12.1 Å². The monoisotopic (exact) mass is 337 g/mol. The minimum absolute atomic E-state index is 0.127. The molecule has 1 N–H and O–H groups in total. The van der Waals surface area contributed by atoms with E-state index in [1.807, 2.05) is 6.92 Å². The first-order valence-electron chi connectivity index (χ1n) is 5.55. The summed E-state index contributed by atoms with van der Waals surface area (Å²) < 4.78 is 33.7. The van der Waals surface area contributed by atoms with Crippen LogP contribution < -0.4 is 14.8 Å². The Balaban J connectivity index is 2.88. The molecule has 0 saturated heterocycles. The van der Waals surface area contributed by atoms with Crippen LogP contribution in [-0.2, 0) is 4.79 Å². The topological polar surface area (TPSA) is 47.6 Å². The van der Waals surface area contributed by atoms with Crippen LogP contribution in [0.1, 0.15) is 13.3 Å². The number of nitrogens with one attached hydrogen (secondary N) is 1. The van der Waals surface area contributed by atoms with Gasteiger partial charge in [0.25, 0.3) is 0 Å². The number of carbonyl (C=O) groups excluding carboxylic acids is 1. The molecule has 0 spiro atoms. The second-order valence-corrected chi connectivity index (χ2v) is 4.71. The zero-order valence-electron chi connectivity index (χ0n) is 10.5. The Kier molecular flexibility index (Phi) is 6.01. The van der Waals surface area contributed by atoms with E-state index in [0.717, 1.165) is 0 Å². The summed E-state index contributed by atoms with van der Waals surface area (Å²) in [5, 5.41) is 2.59. The third kappa shape index (κ3) is 4.66. The Labute approximate surface area is 118 Å². The van der Waals surface area contributed by atoms with Gasteiger partial charge in [-0.3, -0.25) is 4.79 Å². The molecule has 0 fully saturated rings. The van der Waals surface area contributed by atoms with Crippen LogP contribution in [0.15, 0.2) is 18.2 Å². The van der Waals surface area contributed by atoms with Crippen molar-refractivity contribution in [3.63, 3.8) is 0 Å². The minimum atomic E-state index is -2.96. The van der Waals surface area contributed by atoms with Gasteiger partial charge in [0.15, 0.2) is 11.5 Å². The summed E-state index contributed by atoms with van der Waals surface area (Å²) in [6.45, 7) is -1.11. The van der Waals surface area contributed by atoms with E-state index < -0.39 is 6.61 Å². The van der Waals surface area contributed by atoms with Crippen molar-refractivity contribution in [2.75, 3.05) is 12.4 Å². The van der Waals surface area contributed by atoms with Gasteiger partial charge in [0.05, 0.1) is 11.9 Å². The summed E-state index contributed by atoms with van der Waals surface area (Å²) in [4.78, 5) is 11.3. The summed E-state index contributed by atoms with van der Waals surface area (Å²) in [5.74, 6) is -0.210. The van der Waals surface area contributed by atoms with Crippen LogP contribution in [0.2, 0.25) is 0 Å². The summed E-state index contributed by atoms with van der Waals surface area (Å²) in [6.07, 6.45) is 0.613. The van der Waals surface area contributed by atoms with Crippen molar-refractivity contribution < 1.29 is 23.0 Å². The Bertz CT molecular complexity index is 443. The quantitative estimate of drug-likeness (QED) is 0.809. The Morgan fingerprint density at radius 3 is 2.63 bits per heavy atom. The lowest BCUT2D eigenvalue weighted by Gasteiger charge is -2.13. The molecule has 4 nitrogen and oxygen atoms in total. The first-order chi connectivity index (χ1) is 8.97. The Morgan fingerprint density at radius 2 is 2.11 bits per heavy atom. The van der Waals surface area contributed by atoms with Crippen LogP contribution in [-0.4, -0.2) is 24.5 Å². The highest BCUT2D eigenvalue weighted by Gasteiger charge is 2.15. The highest BCUT2D eigenvalue weighted by Crippen LogP contribution is 2.31. The largest absolute Gasteiger partial charge is 0.493 e. The number of rotatable bonds is 6. The second kappa shape index (κ2) is 7.28. The smallest absolute Gasteiger partial charge is 0.387 e. The van der Waals surface area contributed by atoms with Crippen LogP contribution in [0.5, 0.6) is 11.5 Å². The number of alkyl halides is 3. The molecule has 0 radical (unpaired) electrons. The molecule has 0 aliphatic carbocycles. The molecule has 0 aliphatic rings. The molecule has 0 aliphatic heterocycles. The van der Waals surface area contributed by atoms with Crippen molar-refractivity contribution in [1.29, 1.82) is 0 Å². The molecule has 1 rings (SSSR count).